The molecule has 1 saturated heterocycles. The molecule has 4 amide bonds. The van der Waals surface area contributed by atoms with Crippen LogP contribution in [0.5, 0.6) is 11.5 Å². The second-order valence-corrected chi connectivity index (χ2v) is 19.1. The van der Waals surface area contributed by atoms with E-state index in [4.69, 9.17) is 9.47 Å². The number of nitrogens with one attached hydrogen (secondary N) is 3. The number of allylic oxidation sites excluding steroid dienone is 1. The van der Waals surface area contributed by atoms with Crippen molar-refractivity contribution >= 4 is 44.7 Å². The number of fused-ring (bicyclic) bond motifs is 5. The number of hydrogen-bond acceptors (Lipinski definition) is 10. The summed E-state index contributed by atoms with van der Waals surface area (Å²) in [5, 5.41) is 6.03. The van der Waals surface area contributed by atoms with Gasteiger partial charge in [0.1, 0.15) is 34.7 Å². The molecular formula is C40H50F3N5O9S. The first-order valence-corrected chi connectivity index (χ1v) is 21.4. The first-order chi connectivity index (χ1) is 27.2. The molecular weight excluding hydrogens is 784 g/mol. The number of carbonyl (C=O) groups is 4. The summed E-state index contributed by atoms with van der Waals surface area (Å²) in [6.45, 7) is 6.51. The van der Waals surface area contributed by atoms with Crippen LogP contribution in [0.2, 0.25) is 0 Å². The minimum atomic E-state index is -4.91. The second kappa shape index (κ2) is 15.2. The van der Waals surface area contributed by atoms with Crippen molar-refractivity contribution in [3.05, 3.63) is 41.6 Å². The largest absolute Gasteiger partial charge is 0.573 e. The third kappa shape index (κ3) is 8.17. The Balaban J connectivity index is 1.25. The maximum atomic E-state index is 14.7. The Bertz CT molecular complexity index is 2140. The summed E-state index contributed by atoms with van der Waals surface area (Å²) >= 11 is 0. The van der Waals surface area contributed by atoms with Gasteiger partial charge in [0, 0.05) is 23.3 Å². The van der Waals surface area contributed by atoms with E-state index in [0.717, 1.165) is 6.42 Å². The van der Waals surface area contributed by atoms with E-state index in [2.05, 4.69) is 25.1 Å². The van der Waals surface area contributed by atoms with E-state index in [9.17, 15) is 40.8 Å². The molecule has 7 rings (SSSR count). The smallest absolute Gasteiger partial charge is 0.483 e. The van der Waals surface area contributed by atoms with Gasteiger partial charge in [-0.05, 0) is 104 Å². The van der Waals surface area contributed by atoms with Crippen LogP contribution >= 0.6 is 0 Å². The van der Waals surface area contributed by atoms with Crippen molar-refractivity contribution < 1.29 is 55.0 Å². The van der Waals surface area contributed by atoms with Crippen LogP contribution in [0.25, 0.3) is 10.9 Å². The minimum Gasteiger partial charge on any atom is -0.483 e. The molecule has 4 heterocycles. The van der Waals surface area contributed by atoms with Crippen molar-refractivity contribution in [2.45, 2.75) is 145 Å². The van der Waals surface area contributed by atoms with Gasteiger partial charge >= 0.3 is 12.5 Å². The maximum absolute atomic E-state index is 14.7. The van der Waals surface area contributed by atoms with Gasteiger partial charge in [-0.15, -0.1) is 13.2 Å². The molecule has 1 spiro atoms. The number of carbonyl (C=O) groups excluding carboxylic acids is 4. The zero-order valence-corrected chi connectivity index (χ0v) is 33.8. The normalized spacial score (nSPS) is 29.0. The molecule has 2 aromatic rings. The zero-order chi connectivity index (χ0) is 41.8. The van der Waals surface area contributed by atoms with Crippen LogP contribution in [0.4, 0.5) is 18.0 Å². The summed E-state index contributed by atoms with van der Waals surface area (Å²) in [6, 6.07) is 1.58. The molecule has 2 saturated carbocycles. The average Bonchev–Trinajstić information content (AvgIpc) is 3.79. The molecule has 5 aliphatic rings. The van der Waals surface area contributed by atoms with Crippen molar-refractivity contribution in [3.8, 4) is 11.5 Å². The van der Waals surface area contributed by atoms with E-state index in [-0.39, 0.29) is 32.2 Å². The van der Waals surface area contributed by atoms with Gasteiger partial charge in [0.2, 0.25) is 21.8 Å². The predicted octanol–water partition coefficient (Wildman–Crippen LogP) is 5.39. The van der Waals surface area contributed by atoms with E-state index in [0.29, 0.717) is 72.9 Å². The van der Waals surface area contributed by atoms with Gasteiger partial charge in [-0.3, -0.25) is 19.1 Å². The minimum absolute atomic E-state index is 0.0452. The summed E-state index contributed by atoms with van der Waals surface area (Å²) in [6.07, 6.45) is 2.49. The molecule has 316 valence electrons. The lowest BCUT2D eigenvalue weighted by Crippen LogP contribution is -2.70. The van der Waals surface area contributed by atoms with Gasteiger partial charge in [0.05, 0.1) is 28.6 Å². The number of amides is 4. The van der Waals surface area contributed by atoms with E-state index in [1.165, 1.54) is 23.1 Å². The predicted molar refractivity (Wildman–Crippen MR) is 204 cm³/mol. The highest BCUT2D eigenvalue weighted by Gasteiger charge is 2.59. The Labute approximate surface area is 335 Å². The number of ether oxygens (including phenoxy) is 3. The number of alkyl halides is 3. The molecule has 1 aromatic heterocycles. The second-order valence-electron chi connectivity index (χ2n) is 16.9. The number of halogens is 3. The number of aromatic nitrogens is 1. The lowest BCUT2D eigenvalue weighted by molar-refractivity contribution is -0.274. The van der Waals surface area contributed by atoms with Crippen LogP contribution in [0.3, 0.4) is 0 Å². The molecule has 18 heteroatoms. The highest BCUT2D eigenvalue weighted by Crippen LogP contribution is 2.47. The molecule has 0 radical (unpaired) electrons. The molecule has 58 heavy (non-hydrogen) atoms. The van der Waals surface area contributed by atoms with Crippen LogP contribution in [-0.4, -0.2) is 89.1 Å². The van der Waals surface area contributed by atoms with Crippen LogP contribution in [-0.2, 0) is 35.6 Å². The van der Waals surface area contributed by atoms with Gasteiger partial charge in [0.25, 0.3) is 5.91 Å². The first kappa shape index (κ1) is 41.5. The summed E-state index contributed by atoms with van der Waals surface area (Å²) < 4.78 is 83.5. The molecule has 2 aliphatic carbocycles. The fraction of sp³-hybridized carbons (Fsp3) is 0.625. The van der Waals surface area contributed by atoms with Crippen molar-refractivity contribution in [1.29, 1.82) is 0 Å². The molecule has 0 unspecified atom stereocenters. The van der Waals surface area contributed by atoms with Crippen LogP contribution in [0, 0.1) is 12.8 Å². The molecule has 0 bridgehead atoms. The molecule has 1 aromatic carbocycles. The standard InChI is InChI=1S/C40H50F3N5O9S/c1-23(2)55-36(52)45-30-11-9-7-5-6-8-10-25-14-17-39(25,35(51)47-58(53,54)37(4)18-19-37)46-33(49)31-21-38(22-48(31)34(30)50)16-15-27-28-20-26(56-40(41,42)43)12-13-29(28)44-24(3)32(27)57-38/h8,10,12-13,20,23,25,30-31H,5-7,9,11,14-19,21-22H2,1-4H3,(H,45,52)(H,46,49)(H,47,51)/b10-8-/t25-,30+,31+,38-,39-/m1/s1. The molecule has 3 aliphatic heterocycles. The van der Waals surface area contributed by atoms with Crippen LogP contribution in [0.15, 0.2) is 30.4 Å². The van der Waals surface area contributed by atoms with Gasteiger partial charge in [-0.25, -0.2) is 18.2 Å². The summed E-state index contributed by atoms with van der Waals surface area (Å²) in [5.41, 5.74) is -1.32. The quantitative estimate of drug-likeness (QED) is 0.319. The number of benzene rings is 1. The number of nitrogens with zero attached hydrogens (tertiary/aromatic N) is 2. The van der Waals surface area contributed by atoms with Gasteiger partial charge in [0.15, 0.2) is 0 Å². The number of hydrogen-bond donors (Lipinski definition) is 3. The average molecular weight is 834 g/mol. The number of rotatable bonds is 6. The first-order valence-electron chi connectivity index (χ1n) is 19.9. The van der Waals surface area contributed by atoms with Crippen molar-refractivity contribution in [2.75, 3.05) is 6.54 Å². The highest BCUT2D eigenvalue weighted by atomic mass is 32.2. The Morgan fingerprint density at radius 1 is 1.09 bits per heavy atom. The topological polar surface area (TPSA) is 182 Å². The zero-order valence-electron chi connectivity index (χ0n) is 33.0. The van der Waals surface area contributed by atoms with E-state index >= 15 is 0 Å². The fourth-order valence-corrected chi connectivity index (χ4v) is 9.94. The van der Waals surface area contributed by atoms with Crippen molar-refractivity contribution in [2.24, 2.45) is 5.92 Å². The van der Waals surface area contributed by atoms with Gasteiger partial charge in [-0.1, -0.05) is 25.0 Å². The number of sulfonamides is 1. The maximum Gasteiger partial charge on any atom is 0.573 e. The SMILES string of the molecule is Cc1nc2ccc(OC(F)(F)F)cc2c2c1O[C@]1(CC2)C[C@H]2C(=O)N[C@]3(C(=O)NS(=O)(=O)C4(C)CC4)CC[C@H]3/C=C\CCCCC[C@H](NC(=O)OC(C)C)C(=O)N2C1. The Morgan fingerprint density at radius 3 is 2.52 bits per heavy atom. The highest BCUT2D eigenvalue weighted by molar-refractivity contribution is 7.91. The number of pyridine rings is 1. The van der Waals surface area contributed by atoms with Crippen molar-refractivity contribution in [3.63, 3.8) is 0 Å². The molecule has 14 nitrogen and oxygen atoms in total. The lowest BCUT2D eigenvalue weighted by atomic mass is 9.65. The molecule has 5 atom stereocenters. The summed E-state index contributed by atoms with van der Waals surface area (Å²) in [5.74, 6) is -2.72. The third-order valence-corrected chi connectivity index (χ3v) is 14.4. The van der Waals surface area contributed by atoms with Crippen LogP contribution in [0.1, 0.15) is 103 Å². The Kier molecular flexibility index (Phi) is 10.9. The summed E-state index contributed by atoms with van der Waals surface area (Å²) in [4.78, 5) is 62.5. The number of aryl methyl sites for hydroxylation is 2. The fourth-order valence-electron chi connectivity index (χ4n) is 8.63. The van der Waals surface area contributed by atoms with Crippen molar-refractivity contribution in [1.82, 2.24) is 25.2 Å². The molecule has 3 fully saturated rings. The van der Waals surface area contributed by atoms with E-state index in [1.54, 1.807) is 27.7 Å². The third-order valence-electron chi connectivity index (χ3n) is 12.3. The Hall–Kier alpha value is -4.61. The van der Waals surface area contributed by atoms with E-state index in [1.807, 2.05) is 12.2 Å². The van der Waals surface area contributed by atoms with Gasteiger partial charge in [-0.2, -0.15) is 0 Å². The summed E-state index contributed by atoms with van der Waals surface area (Å²) in [7, 11) is -4.06. The monoisotopic (exact) mass is 833 g/mol. The van der Waals surface area contributed by atoms with Gasteiger partial charge < -0.3 is 29.7 Å². The van der Waals surface area contributed by atoms with Crippen LogP contribution < -0.4 is 24.8 Å². The number of alkyl carbamates (subject to hydrolysis) is 1. The Morgan fingerprint density at radius 2 is 1.84 bits per heavy atom. The lowest BCUT2D eigenvalue weighted by Gasteiger charge is -2.48. The van der Waals surface area contributed by atoms with E-state index < -0.39 is 85.9 Å². The molecule has 3 N–H and O–H groups in total.